The van der Waals surface area contributed by atoms with Crippen LogP contribution in [0.1, 0.15) is 0 Å². The Bertz CT molecular complexity index is 4470. The standard InChI is InChI=1S/C72H40/c1-5-13-45-41(9-1)17-21-53-49(45)25-33-61-57(53)29-37-65-69(61)66-38-30-58-54-22-18-42-10-3-7-15-47(42)51(54)27-35-63(58)71(66)68-40-32-60-56-24-20-44-12-4-8-16-48(44)52(56)28-36-64(60)72(68)67-39-31-59-55-23-19-43-11-2-6-14-46(43)50(55)26-34-62(59)70(65)67/h1-40H. The van der Waals surface area contributed by atoms with E-state index >= 15 is 0 Å². The Morgan fingerprint density at radius 3 is 0.528 bits per heavy atom. The van der Waals surface area contributed by atoms with Gasteiger partial charge in [-0.2, -0.15) is 0 Å². The van der Waals surface area contributed by atoms with Gasteiger partial charge in [-0.25, -0.2) is 0 Å². The first-order valence-electron chi connectivity index (χ1n) is 25.2. The second-order valence-corrected chi connectivity index (χ2v) is 20.1. The molecule has 0 nitrogen and oxygen atoms in total. The molecule has 0 saturated carbocycles. The molecule has 0 bridgehead atoms. The highest BCUT2D eigenvalue weighted by Gasteiger charge is 2.29. The number of benzene rings is 16. The van der Waals surface area contributed by atoms with Crippen LogP contribution in [0.4, 0.5) is 0 Å². The van der Waals surface area contributed by atoms with Crippen LogP contribution in [0.2, 0.25) is 0 Å². The largest absolute Gasteiger partial charge is 0.0616 e. The van der Waals surface area contributed by atoms with Crippen LogP contribution >= 0.6 is 0 Å². The Morgan fingerprint density at radius 2 is 0.278 bits per heavy atom. The maximum Gasteiger partial charge on any atom is -0.00197 e. The van der Waals surface area contributed by atoms with Crippen molar-refractivity contribution < 1.29 is 0 Å². The van der Waals surface area contributed by atoms with E-state index in [9.17, 15) is 0 Å². The van der Waals surface area contributed by atoms with Crippen LogP contribution in [0.15, 0.2) is 243 Å². The van der Waals surface area contributed by atoms with Crippen LogP contribution < -0.4 is 0 Å². The van der Waals surface area contributed by atoms with Crippen molar-refractivity contribution in [3.8, 4) is 44.5 Å². The summed E-state index contributed by atoms with van der Waals surface area (Å²) in [5.41, 5.74) is 10.1. The maximum atomic E-state index is 2.47. The predicted octanol–water partition coefficient (Wildman–Crippen LogP) is 20.5. The van der Waals surface area contributed by atoms with Crippen molar-refractivity contribution >= 4 is 129 Å². The average Bonchev–Trinajstić information content (AvgIpc) is 3.44. The van der Waals surface area contributed by atoms with E-state index in [1.807, 2.05) is 0 Å². The lowest BCUT2D eigenvalue weighted by atomic mass is 9.74. The van der Waals surface area contributed by atoms with E-state index in [-0.39, 0.29) is 0 Å². The molecule has 16 aromatic carbocycles. The van der Waals surface area contributed by atoms with Crippen LogP contribution in [0.3, 0.4) is 0 Å². The number of hydrogen-bond donors (Lipinski definition) is 0. The Hall–Kier alpha value is -9.36. The predicted molar refractivity (Wildman–Crippen MR) is 312 cm³/mol. The topological polar surface area (TPSA) is 0 Å². The molecule has 0 amide bonds. The van der Waals surface area contributed by atoms with Gasteiger partial charge in [0, 0.05) is 0 Å². The summed E-state index contributed by atoms with van der Waals surface area (Å²) in [5.74, 6) is 0. The van der Waals surface area contributed by atoms with E-state index in [0.717, 1.165) is 0 Å². The van der Waals surface area contributed by atoms with Gasteiger partial charge in [0.05, 0.1) is 0 Å². The molecule has 1 aliphatic carbocycles. The van der Waals surface area contributed by atoms with Crippen molar-refractivity contribution in [1.82, 2.24) is 0 Å². The van der Waals surface area contributed by atoms with Crippen LogP contribution in [-0.4, -0.2) is 0 Å². The number of hydrogen-bond acceptors (Lipinski definition) is 0. The lowest BCUT2D eigenvalue weighted by Gasteiger charge is -2.28. The average molecular weight is 905 g/mol. The molecule has 0 aliphatic heterocycles. The zero-order chi connectivity index (χ0) is 46.8. The van der Waals surface area contributed by atoms with Crippen LogP contribution in [0.5, 0.6) is 0 Å². The molecule has 0 saturated heterocycles. The number of rotatable bonds is 0. The van der Waals surface area contributed by atoms with Gasteiger partial charge in [-0.05, 0) is 174 Å². The lowest BCUT2D eigenvalue weighted by molar-refractivity contribution is 1.60. The highest BCUT2D eigenvalue weighted by Crippen LogP contribution is 2.57. The molecule has 0 unspecified atom stereocenters. The van der Waals surface area contributed by atoms with Crippen molar-refractivity contribution in [3.63, 3.8) is 0 Å². The molecule has 0 aromatic heterocycles. The third-order valence-electron chi connectivity index (χ3n) is 16.8. The molecule has 0 spiro atoms. The first-order valence-corrected chi connectivity index (χ1v) is 25.2. The fraction of sp³-hybridized carbons (Fsp3) is 0. The maximum absolute atomic E-state index is 2.47. The summed E-state index contributed by atoms with van der Waals surface area (Å²) in [7, 11) is 0. The molecule has 0 heteroatoms. The van der Waals surface area contributed by atoms with E-state index in [1.54, 1.807) is 0 Å². The molecule has 0 heterocycles. The minimum atomic E-state index is 1.25. The summed E-state index contributed by atoms with van der Waals surface area (Å²) in [6.45, 7) is 0. The Kier molecular flexibility index (Phi) is 7.55. The Labute approximate surface area is 414 Å². The SMILES string of the molecule is c1ccc2c(c1)ccc1c3ccc4c(c3ccc21)-c1ccc2c(ccc3c5ccccc5ccc23)c1-c1ccc2c(ccc3c5ccccc5ccc23)c1-c1ccc2c(ccc3c5ccccc5ccc23)c1-4. The molecule has 0 radical (unpaired) electrons. The second-order valence-electron chi connectivity index (χ2n) is 20.1. The molecule has 0 fully saturated rings. The van der Waals surface area contributed by atoms with Gasteiger partial charge >= 0.3 is 0 Å². The normalized spacial score (nSPS) is 12.4. The number of fused-ring (bicyclic) bond motifs is 32. The van der Waals surface area contributed by atoms with Crippen molar-refractivity contribution in [2.75, 3.05) is 0 Å². The third-order valence-corrected chi connectivity index (χ3v) is 16.8. The van der Waals surface area contributed by atoms with E-state index < -0.39 is 0 Å². The Morgan fingerprint density at radius 1 is 0.111 bits per heavy atom. The summed E-state index contributed by atoms with van der Waals surface area (Å²) in [6, 6.07) is 92.7. The van der Waals surface area contributed by atoms with E-state index in [2.05, 4.69) is 243 Å². The van der Waals surface area contributed by atoms with Gasteiger partial charge in [-0.3, -0.25) is 0 Å². The van der Waals surface area contributed by atoms with E-state index in [4.69, 9.17) is 0 Å². The van der Waals surface area contributed by atoms with Crippen molar-refractivity contribution in [2.24, 2.45) is 0 Å². The minimum Gasteiger partial charge on any atom is -0.0616 e. The van der Waals surface area contributed by atoms with Gasteiger partial charge in [0.15, 0.2) is 0 Å². The lowest BCUT2D eigenvalue weighted by Crippen LogP contribution is -2.01. The van der Waals surface area contributed by atoms with Crippen LogP contribution in [0.25, 0.3) is 174 Å². The van der Waals surface area contributed by atoms with Gasteiger partial charge in [0.2, 0.25) is 0 Å². The fourth-order valence-corrected chi connectivity index (χ4v) is 13.6. The van der Waals surface area contributed by atoms with Crippen molar-refractivity contribution in [1.29, 1.82) is 0 Å². The summed E-state index contributed by atoms with van der Waals surface area (Å²) in [6.07, 6.45) is 0. The van der Waals surface area contributed by atoms with Gasteiger partial charge in [-0.1, -0.05) is 243 Å². The smallest absolute Gasteiger partial charge is 0.00197 e. The highest BCUT2D eigenvalue weighted by molar-refractivity contribution is 6.31. The van der Waals surface area contributed by atoms with Gasteiger partial charge < -0.3 is 0 Å². The molecule has 1 aliphatic rings. The zero-order valence-corrected chi connectivity index (χ0v) is 39.1. The molecular weight excluding hydrogens is 865 g/mol. The minimum absolute atomic E-state index is 1.25. The molecule has 0 atom stereocenters. The van der Waals surface area contributed by atoms with Crippen LogP contribution in [-0.2, 0) is 0 Å². The van der Waals surface area contributed by atoms with Crippen molar-refractivity contribution in [3.05, 3.63) is 243 Å². The quantitative estimate of drug-likeness (QED) is 0.133. The van der Waals surface area contributed by atoms with Gasteiger partial charge in [-0.15, -0.1) is 0 Å². The van der Waals surface area contributed by atoms with Crippen LogP contribution in [0, 0.1) is 0 Å². The molecular formula is C72H40. The first kappa shape index (κ1) is 38.5. The summed E-state index contributed by atoms with van der Waals surface area (Å²) < 4.78 is 0. The fourth-order valence-electron chi connectivity index (χ4n) is 13.6. The highest BCUT2D eigenvalue weighted by atomic mass is 14.3. The molecule has 72 heavy (non-hydrogen) atoms. The van der Waals surface area contributed by atoms with E-state index in [1.165, 1.54) is 174 Å². The Balaban J connectivity index is 1.09. The first-order chi connectivity index (χ1) is 35.7. The van der Waals surface area contributed by atoms with E-state index in [0.29, 0.717) is 0 Å². The van der Waals surface area contributed by atoms with Gasteiger partial charge in [0.25, 0.3) is 0 Å². The molecule has 328 valence electrons. The van der Waals surface area contributed by atoms with Crippen molar-refractivity contribution in [2.45, 2.75) is 0 Å². The summed E-state index contributed by atoms with van der Waals surface area (Å²) in [5, 5.41) is 30.5. The summed E-state index contributed by atoms with van der Waals surface area (Å²) in [4.78, 5) is 0. The summed E-state index contributed by atoms with van der Waals surface area (Å²) >= 11 is 0. The third kappa shape index (κ3) is 5.05. The monoisotopic (exact) mass is 904 g/mol. The molecule has 16 aromatic rings. The second kappa shape index (κ2) is 14.1. The molecule has 17 rings (SSSR count). The molecule has 0 N–H and O–H groups in total. The van der Waals surface area contributed by atoms with Gasteiger partial charge in [0.1, 0.15) is 0 Å². The zero-order valence-electron chi connectivity index (χ0n) is 39.1.